The third-order valence-electron chi connectivity index (χ3n) is 6.00. The molecule has 1 amide bonds. The number of benzene rings is 2. The van der Waals surface area contributed by atoms with Crippen molar-refractivity contribution in [2.24, 2.45) is 5.92 Å². The van der Waals surface area contributed by atoms with Crippen molar-refractivity contribution < 1.29 is 9.32 Å². The maximum atomic E-state index is 13.1. The van der Waals surface area contributed by atoms with E-state index < -0.39 is 0 Å². The van der Waals surface area contributed by atoms with E-state index in [9.17, 15) is 4.79 Å². The van der Waals surface area contributed by atoms with Gasteiger partial charge in [0, 0.05) is 30.6 Å². The van der Waals surface area contributed by atoms with Crippen LogP contribution >= 0.6 is 0 Å². The first-order valence-corrected chi connectivity index (χ1v) is 11.0. The van der Waals surface area contributed by atoms with Crippen molar-refractivity contribution in [3.8, 4) is 22.6 Å². The molecular formula is C25H25N5O2. The van der Waals surface area contributed by atoms with Gasteiger partial charge in [0.05, 0.1) is 5.69 Å². The van der Waals surface area contributed by atoms with Crippen LogP contribution in [0.4, 0.5) is 0 Å². The van der Waals surface area contributed by atoms with Gasteiger partial charge in [0.1, 0.15) is 5.69 Å². The number of H-pyrrole nitrogens is 1. The van der Waals surface area contributed by atoms with Crippen LogP contribution in [0.2, 0.25) is 0 Å². The standard InChI is InChI=1S/C25H25N5O2/c1-17-8-5-6-12-20(17)24-26-23(32-29-24)14-18-9-7-13-30(16-18)25(31)22-15-21(27-28-22)19-10-3-2-4-11-19/h2-6,8,10-12,15,18H,7,9,13-14,16H2,1H3,(H,27,28)/t18-/m0/s1. The minimum atomic E-state index is -0.0180. The number of hydrogen-bond acceptors (Lipinski definition) is 5. The van der Waals surface area contributed by atoms with Crippen molar-refractivity contribution in [1.29, 1.82) is 0 Å². The molecule has 1 fully saturated rings. The number of aromatic amines is 1. The van der Waals surface area contributed by atoms with Crippen LogP contribution in [0.3, 0.4) is 0 Å². The summed E-state index contributed by atoms with van der Waals surface area (Å²) in [5, 5.41) is 11.4. The third-order valence-corrected chi connectivity index (χ3v) is 6.00. The van der Waals surface area contributed by atoms with Gasteiger partial charge in [0.2, 0.25) is 11.7 Å². The molecule has 1 aliphatic heterocycles. The molecular weight excluding hydrogens is 402 g/mol. The van der Waals surface area contributed by atoms with E-state index in [2.05, 4.69) is 20.3 Å². The Morgan fingerprint density at radius 2 is 1.97 bits per heavy atom. The van der Waals surface area contributed by atoms with Gasteiger partial charge in [-0.15, -0.1) is 0 Å². The summed E-state index contributed by atoms with van der Waals surface area (Å²) in [6, 6.07) is 19.7. The molecule has 5 rings (SSSR count). The van der Waals surface area contributed by atoms with E-state index >= 15 is 0 Å². The van der Waals surface area contributed by atoms with E-state index in [0.717, 1.165) is 41.8 Å². The predicted molar refractivity (Wildman–Crippen MR) is 121 cm³/mol. The van der Waals surface area contributed by atoms with Crippen molar-refractivity contribution in [3.05, 3.63) is 77.8 Å². The lowest BCUT2D eigenvalue weighted by molar-refractivity contribution is 0.0662. The largest absolute Gasteiger partial charge is 0.339 e. The molecule has 7 nitrogen and oxygen atoms in total. The third kappa shape index (κ3) is 4.19. The van der Waals surface area contributed by atoms with E-state index in [1.54, 1.807) is 0 Å². The Balaban J connectivity index is 1.25. The number of amides is 1. The maximum Gasteiger partial charge on any atom is 0.271 e. The normalized spacial score (nSPS) is 16.3. The SMILES string of the molecule is Cc1ccccc1-c1noc(C[C@@H]2CCCN(C(=O)c3cc(-c4ccccc4)n[nH]3)C2)n1. The molecule has 0 bridgehead atoms. The molecule has 162 valence electrons. The lowest BCUT2D eigenvalue weighted by atomic mass is 9.94. The van der Waals surface area contributed by atoms with Gasteiger partial charge < -0.3 is 9.42 Å². The summed E-state index contributed by atoms with van der Waals surface area (Å²) in [5.41, 5.74) is 4.38. The Labute approximate surface area is 186 Å². The Bertz CT molecular complexity index is 1210. The molecule has 0 unspecified atom stereocenters. The number of piperidine rings is 1. The topological polar surface area (TPSA) is 87.9 Å². The monoisotopic (exact) mass is 427 g/mol. The molecule has 1 N–H and O–H groups in total. The molecule has 0 spiro atoms. The molecule has 0 saturated carbocycles. The van der Waals surface area contributed by atoms with Crippen molar-refractivity contribution in [3.63, 3.8) is 0 Å². The molecule has 0 radical (unpaired) electrons. The number of hydrogen-bond donors (Lipinski definition) is 1. The summed E-state index contributed by atoms with van der Waals surface area (Å²) >= 11 is 0. The summed E-state index contributed by atoms with van der Waals surface area (Å²) < 4.78 is 5.53. The van der Waals surface area contributed by atoms with Crippen LogP contribution in [0.25, 0.3) is 22.6 Å². The molecule has 4 aromatic rings. The zero-order valence-corrected chi connectivity index (χ0v) is 18.0. The highest BCUT2D eigenvalue weighted by Crippen LogP contribution is 2.25. The van der Waals surface area contributed by atoms with E-state index in [4.69, 9.17) is 4.52 Å². The minimum Gasteiger partial charge on any atom is -0.339 e. The maximum absolute atomic E-state index is 13.1. The van der Waals surface area contributed by atoms with Crippen LogP contribution in [-0.2, 0) is 6.42 Å². The number of carbonyl (C=O) groups is 1. The summed E-state index contributed by atoms with van der Waals surface area (Å²) in [4.78, 5) is 19.6. The van der Waals surface area contributed by atoms with E-state index in [1.165, 1.54) is 0 Å². The number of nitrogens with zero attached hydrogens (tertiary/aromatic N) is 4. The van der Waals surface area contributed by atoms with Crippen LogP contribution in [-0.4, -0.2) is 44.2 Å². The Morgan fingerprint density at radius 1 is 1.16 bits per heavy atom. The van der Waals surface area contributed by atoms with Crippen molar-refractivity contribution in [1.82, 2.24) is 25.2 Å². The number of rotatable bonds is 5. The fraction of sp³-hybridized carbons (Fsp3) is 0.280. The lowest BCUT2D eigenvalue weighted by Gasteiger charge is -2.31. The number of nitrogens with one attached hydrogen (secondary N) is 1. The van der Waals surface area contributed by atoms with Gasteiger partial charge in [-0.05, 0) is 37.3 Å². The molecule has 2 aromatic carbocycles. The first-order valence-electron chi connectivity index (χ1n) is 11.0. The second kappa shape index (κ2) is 8.78. The highest BCUT2D eigenvalue weighted by Gasteiger charge is 2.27. The molecule has 7 heteroatoms. The van der Waals surface area contributed by atoms with Crippen LogP contribution in [0.1, 0.15) is 34.8 Å². The van der Waals surface area contributed by atoms with Gasteiger partial charge in [0.15, 0.2) is 0 Å². The second-order valence-electron chi connectivity index (χ2n) is 8.32. The van der Waals surface area contributed by atoms with Crippen molar-refractivity contribution in [2.45, 2.75) is 26.2 Å². The number of aryl methyl sites for hydroxylation is 1. The number of aromatic nitrogens is 4. The van der Waals surface area contributed by atoms with Crippen LogP contribution in [0.5, 0.6) is 0 Å². The lowest BCUT2D eigenvalue weighted by Crippen LogP contribution is -2.40. The average Bonchev–Trinajstić information content (AvgIpc) is 3.50. The smallest absolute Gasteiger partial charge is 0.271 e. The van der Waals surface area contributed by atoms with Gasteiger partial charge in [-0.1, -0.05) is 59.8 Å². The molecule has 1 saturated heterocycles. The van der Waals surface area contributed by atoms with Crippen LogP contribution in [0, 0.1) is 12.8 Å². The van der Waals surface area contributed by atoms with Gasteiger partial charge in [-0.3, -0.25) is 9.89 Å². The molecule has 2 aromatic heterocycles. The van der Waals surface area contributed by atoms with Gasteiger partial charge in [-0.2, -0.15) is 10.1 Å². The zero-order valence-electron chi connectivity index (χ0n) is 18.0. The average molecular weight is 428 g/mol. The number of likely N-dealkylation sites (tertiary alicyclic amines) is 1. The van der Waals surface area contributed by atoms with E-state index in [1.807, 2.05) is 72.5 Å². The second-order valence-corrected chi connectivity index (χ2v) is 8.32. The zero-order chi connectivity index (χ0) is 21.9. The molecule has 1 aliphatic rings. The van der Waals surface area contributed by atoms with Crippen LogP contribution < -0.4 is 0 Å². The van der Waals surface area contributed by atoms with E-state index in [0.29, 0.717) is 30.4 Å². The van der Waals surface area contributed by atoms with Gasteiger partial charge >= 0.3 is 0 Å². The minimum absolute atomic E-state index is 0.0180. The van der Waals surface area contributed by atoms with E-state index in [-0.39, 0.29) is 11.8 Å². The van der Waals surface area contributed by atoms with Gasteiger partial charge in [0.25, 0.3) is 5.91 Å². The van der Waals surface area contributed by atoms with Crippen molar-refractivity contribution in [2.75, 3.05) is 13.1 Å². The highest BCUT2D eigenvalue weighted by atomic mass is 16.5. The molecule has 0 aliphatic carbocycles. The molecule has 3 heterocycles. The highest BCUT2D eigenvalue weighted by molar-refractivity contribution is 5.93. The summed E-state index contributed by atoms with van der Waals surface area (Å²) in [6.45, 7) is 3.45. The Kier molecular flexibility index (Phi) is 5.54. The van der Waals surface area contributed by atoms with Crippen LogP contribution in [0.15, 0.2) is 65.2 Å². The summed E-state index contributed by atoms with van der Waals surface area (Å²) in [7, 11) is 0. The molecule has 32 heavy (non-hydrogen) atoms. The number of carbonyl (C=O) groups excluding carboxylic acids is 1. The first-order chi connectivity index (χ1) is 15.7. The predicted octanol–water partition coefficient (Wildman–Crippen LogP) is 4.53. The Hall–Kier alpha value is -3.74. The summed E-state index contributed by atoms with van der Waals surface area (Å²) in [5.74, 6) is 1.51. The first kappa shape index (κ1) is 20.2. The summed E-state index contributed by atoms with van der Waals surface area (Å²) in [6.07, 6.45) is 2.65. The fourth-order valence-corrected chi connectivity index (χ4v) is 4.29. The van der Waals surface area contributed by atoms with Gasteiger partial charge in [-0.25, -0.2) is 0 Å². The quantitative estimate of drug-likeness (QED) is 0.506. The Morgan fingerprint density at radius 3 is 2.81 bits per heavy atom. The molecule has 1 atom stereocenters. The fourth-order valence-electron chi connectivity index (χ4n) is 4.29. The van der Waals surface area contributed by atoms with Crippen molar-refractivity contribution >= 4 is 5.91 Å².